The van der Waals surface area contributed by atoms with Crippen LogP contribution in [0.1, 0.15) is 16.7 Å². The lowest BCUT2D eigenvalue weighted by molar-refractivity contribution is 0.508. The summed E-state index contributed by atoms with van der Waals surface area (Å²) in [4.78, 5) is 0. The Balaban J connectivity index is 2.20. The molecular formula is C15H12F2. The van der Waals surface area contributed by atoms with E-state index in [4.69, 9.17) is 0 Å². The van der Waals surface area contributed by atoms with E-state index in [0.717, 1.165) is 11.6 Å². The van der Waals surface area contributed by atoms with Gasteiger partial charge in [-0.2, -0.15) is 0 Å². The van der Waals surface area contributed by atoms with Gasteiger partial charge in [0.15, 0.2) is 11.6 Å². The van der Waals surface area contributed by atoms with Gasteiger partial charge in [0.25, 0.3) is 0 Å². The molecule has 0 heterocycles. The van der Waals surface area contributed by atoms with Crippen LogP contribution in [0.5, 0.6) is 0 Å². The zero-order valence-corrected chi connectivity index (χ0v) is 9.45. The molecule has 2 aromatic carbocycles. The quantitative estimate of drug-likeness (QED) is 0.669. The molecule has 0 nitrogen and oxygen atoms in total. The van der Waals surface area contributed by atoms with Crippen molar-refractivity contribution >= 4 is 12.2 Å². The third-order valence-electron chi connectivity index (χ3n) is 2.49. The van der Waals surface area contributed by atoms with Gasteiger partial charge in [-0.3, -0.25) is 0 Å². The van der Waals surface area contributed by atoms with Gasteiger partial charge in [-0.15, -0.1) is 0 Å². The first-order chi connectivity index (χ1) is 8.15. The maximum Gasteiger partial charge on any atom is 0.159 e. The Hall–Kier alpha value is -1.96. The van der Waals surface area contributed by atoms with E-state index in [0.29, 0.717) is 5.56 Å². The molecule has 0 fully saturated rings. The first-order valence-corrected chi connectivity index (χ1v) is 5.35. The highest BCUT2D eigenvalue weighted by Gasteiger charge is 1.99. The van der Waals surface area contributed by atoms with Gasteiger partial charge < -0.3 is 0 Å². The fourth-order valence-corrected chi connectivity index (χ4v) is 1.49. The molecule has 0 saturated carbocycles. The van der Waals surface area contributed by atoms with Gasteiger partial charge in [-0.25, -0.2) is 8.78 Å². The Morgan fingerprint density at radius 1 is 0.765 bits per heavy atom. The second-order valence-electron chi connectivity index (χ2n) is 3.92. The number of hydrogen-bond donors (Lipinski definition) is 0. The third kappa shape index (κ3) is 3.00. The van der Waals surface area contributed by atoms with Gasteiger partial charge in [0.05, 0.1) is 0 Å². The first kappa shape index (κ1) is 11.5. The van der Waals surface area contributed by atoms with E-state index in [2.05, 4.69) is 0 Å². The number of halogens is 2. The zero-order chi connectivity index (χ0) is 12.3. The Morgan fingerprint density at radius 3 is 2.00 bits per heavy atom. The zero-order valence-electron chi connectivity index (χ0n) is 9.45. The van der Waals surface area contributed by atoms with Gasteiger partial charge in [0.2, 0.25) is 0 Å². The number of benzene rings is 2. The molecule has 0 N–H and O–H groups in total. The predicted octanol–water partition coefficient (Wildman–Crippen LogP) is 4.44. The van der Waals surface area contributed by atoms with E-state index in [-0.39, 0.29) is 0 Å². The van der Waals surface area contributed by atoms with Crippen LogP contribution in [-0.4, -0.2) is 0 Å². The number of rotatable bonds is 2. The molecule has 2 heteroatoms. The summed E-state index contributed by atoms with van der Waals surface area (Å²) in [6.07, 6.45) is 3.62. The van der Waals surface area contributed by atoms with Crippen LogP contribution in [0.3, 0.4) is 0 Å². The highest BCUT2D eigenvalue weighted by molar-refractivity contribution is 5.69. The minimum absolute atomic E-state index is 0.643. The number of hydrogen-bond acceptors (Lipinski definition) is 0. The second-order valence-corrected chi connectivity index (χ2v) is 3.92. The summed E-state index contributed by atoms with van der Waals surface area (Å²) in [7, 11) is 0. The van der Waals surface area contributed by atoms with Gasteiger partial charge in [-0.1, -0.05) is 48.0 Å². The maximum absolute atomic E-state index is 12.9. The first-order valence-electron chi connectivity index (χ1n) is 5.35. The van der Waals surface area contributed by atoms with Crippen LogP contribution in [0.4, 0.5) is 8.78 Å². The maximum atomic E-state index is 12.9. The van der Waals surface area contributed by atoms with E-state index < -0.39 is 11.6 Å². The molecule has 2 rings (SSSR count). The van der Waals surface area contributed by atoms with Gasteiger partial charge in [0, 0.05) is 0 Å². The standard InChI is InChI=1S/C15H12F2/c1-11-2-4-12(5-3-11)6-7-13-8-9-14(16)15(17)10-13/h2-10H,1H3. The predicted molar refractivity (Wildman–Crippen MR) is 66.5 cm³/mol. The molecule has 0 aromatic heterocycles. The molecule has 0 unspecified atom stereocenters. The molecule has 0 amide bonds. The van der Waals surface area contributed by atoms with E-state index in [1.165, 1.54) is 11.6 Å². The minimum atomic E-state index is -0.823. The molecule has 0 bridgehead atoms. The smallest absolute Gasteiger partial charge is 0.159 e. The molecule has 0 radical (unpaired) electrons. The SMILES string of the molecule is Cc1ccc(C=Cc2ccc(F)c(F)c2)cc1. The highest BCUT2D eigenvalue weighted by Crippen LogP contribution is 2.12. The van der Waals surface area contributed by atoms with Crippen LogP contribution in [-0.2, 0) is 0 Å². The lowest BCUT2D eigenvalue weighted by atomic mass is 10.1. The topological polar surface area (TPSA) is 0 Å². The van der Waals surface area contributed by atoms with Gasteiger partial charge in [-0.05, 0) is 30.2 Å². The van der Waals surface area contributed by atoms with Crippen LogP contribution in [0.15, 0.2) is 42.5 Å². The summed E-state index contributed by atoms with van der Waals surface area (Å²) < 4.78 is 25.7. The van der Waals surface area contributed by atoms with Crippen molar-refractivity contribution in [2.24, 2.45) is 0 Å². The van der Waals surface area contributed by atoms with E-state index in [9.17, 15) is 8.78 Å². The fraction of sp³-hybridized carbons (Fsp3) is 0.0667. The lowest BCUT2D eigenvalue weighted by Gasteiger charge is -1.97. The summed E-state index contributed by atoms with van der Waals surface area (Å²) in [5.74, 6) is -1.64. The van der Waals surface area contributed by atoms with Crippen LogP contribution >= 0.6 is 0 Å². The summed E-state index contributed by atoms with van der Waals surface area (Å²) in [6, 6.07) is 11.8. The highest BCUT2D eigenvalue weighted by atomic mass is 19.2. The van der Waals surface area contributed by atoms with Crippen molar-refractivity contribution in [2.45, 2.75) is 6.92 Å². The summed E-state index contributed by atoms with van der Waals surface area (Å²) in [5, 5.41) is 0. The molecule has 2 aromatic rings. The molecule has 0 atom stereocenters. The summed E-state index contributed by atoms with van der Waals surface area (Å²) >= 11 is 0. The molecule has 0 aliphatic rings. The Bertz CT molecular complexity index is 539. The third-order valence-corrected chi connectivity index (χ3v) is 2.49. The molecule has 0 spiro atoms. The van der Waals surface area contributed by atoms with Crippen LogP contribution < -0.4 is 0 Å². The van der Waals surface area contributed by atoms with Crippen molar-refractivity contribution in [1.82, 2.24) is 0 Å². The van der Waals surface area contributed by atoms with Crippen molar-refractivity contribution < 1.29 is 8.78 Å². The molecule has 0 saturated heterocycles. The van der Waals surface area contributed by atoms with E-state index >= 15 is 0 Å². The fourth-order valence-electron chi connectivity index (χ4n) is 1.49. The van der Waals surface area contributed by atoms with E-state index in [1.54, 1.807) is 12.1 Å². The van der Waals surface area contributed by atoms with Crippen molar-refractivity contribution in [1.29, 1.82) is 0 Å². The Morgan fingerprint density at radius 2 is 1.35 bits per heavy atom. The average molecular weight is 230 g/mol. The normalized spacial score (nSPS) is 11.0. The van der Waals surface area contributed by atoms with Crippen LogP contribution in [0.25, 0.3) is 12.2 Å². The molecule has 17 heavy (non-hydrogen) atoms. The Labute approximate surface area is 99.2 Å². The summed E-state index contributed by atoms with van der Waals surface area (Å²) in [6.45, 7) is 2.02. The monoisotopic (exact) mass is 230 g/mol. The molecular weight excluding hydrogens is 218 g/mol. The van der Waals surface area contributed by atoms with Gasteiger partial charge in [0.1, 0.15) is 0 Å². The van der Waals surface area contributed by atoms with E-state index in [1.807, 2.05) is 37.3 Å². The van der Waals surface area contributed by atoms with Gasteiger partial charge >= 0.3 is 0 Å². The minimum Gasteiger partial charge on any atom is -0.204 e. The molecule has 0 aliphatic heterocycles. The van der Waals surface area contributed by atoms with Crippen molar-refractivity contribution in [2.75, 3.05) is 0 Å². The molecule has 86 valence electrons. The van der Waals surface area contributed by atoms with Crippen LogP contribution in [0.2, 0.25) is 0 Å². The largest absolute Gasteiger partial charge is 0.204 e. The summed E-state index contributed by atoms with van der Waals surface area (Å²) in [5.41, 5.74) is 2.86. The second kappa shape index (κ2) is 4.91. The van der Waals surface area contributed by atoms with Crippen LogP contribution in [0, 0.1) is 18.6 Å². The average Bonchev–Trinajstić information content (AvgIpc) is 2.33. The van der Waals surface area contributed by atoms with Crippen molar-refractivity contribution in [3.05, 3.63) is 70.8 Å². The Kier molecular flexibility index (Phi) is 3.33. The lowest BCUT2D eigenvalue weighted by Crippen LogP contribution is -1.83. The van der Waals surface area contributed by atoms with Crippen molar-refractivity contribution in [3.63, 3.8) is 0 Å². The number of aryl methyl sites for hydroxylation is 1. The van der Waals surface area contributed by atoms with Crippen molar-refractivity contribution in [3.8, 4) is 0 Å². The molecule has 0 aliphatic carbocycles.